The van der Waals surface area contributed by atoms with E-state index in [9.17, 15) is 0 Å². The van der Waals surface area contributed by atoms with E-state index in [0.717, 1.165) is 18.3 Å². The van der Waals surface area contributed by atoms with Crippen LogP contribution in [0, 0.1) is 17.8 Å². The molecule has 0 N–H and O–H groups in total. The van der Waals surface area contributed by atoms with E-state index in [1.807, 2.05) is 0 Å². The van der Waals surface area contributed by atoms with Gasteiger partial charge >= 0.3 is 0 Å². The maximum Gasteiger partial charge on any atom is 0.242 e. The van der Waals surface area contributed by atoms with Crippen LogP contribution in [0.3, 0.4) is 0 Å². The van der Waals surface area contributed by atoms with Crippen molar-refractivity contribution in [1.29, 1.82) is 0 Å². The maximum absolute atomic E-state index is 5.40. The third-order valence-corrected chi connectivity index (χ3v) is 3.95. The van der Waals surface area contributed by atoms with Gasteiger partial charge in [-0.15, -0.1) is 0 Å². The molecule has 0 aromatic heterocycles. The van der Waals surface area contributed by atoms with Gasteiger partial charge in [-0.2, -0.15) is 0 Å². The fraction of sp³-hybridized carbons (Fsp3) is 0.750. The molecule has 0 amide bonds. The van der Waals surface area contributed by atoms with Crippen molar-refractivity contribution in [3.63, 3.8) is 0 Å². The maximum atomic E-state index is 5.40. The lowest BCUT2D eigenvalue weighted by molar-refractivity contribution is -0.0612. The second-order valence-electron chi connectivity index (χ2n) is 6.23. The van der Waals surface area contributed by atoms with Crippen LogP contribution in [0.2, 0.25) is 0 Å². The lowest BCUT2D eigenvalue weighted by Crippen LogP contribution is -2.20. The normalized spacial score (nSPS) is 25.8. The Morgan fingerprint density at radius 3 is 2.50 bits per heavy atom. The minimum absolute atomic E-state index is 0.0701. The molecule has 18 heavy (non-hydrogen) atoms. The minimum Gasteiger partial charge on any atom is -0.459 e. The lowest BCUT2D eigenvalue weighted by atomic mass is 9.82. The number of ether oxygens (including phenoxy) is 2. The Hall–Kier alpha value is -0.920. The van der Waals surface area contributed by atoms with Crippen molar-refractivity contribution < 1.29 is 9.47 Å². The first-order chi connectivity index (χ1) is 8.65. The van der Waals surface area contributed by atoms with Gasteiger partial charge in [0.2, 0.25) is 6.29 Å². The standard InChI is InChI=1S/C16H26O2/c1-12(2)10-14-4-6-15(7-5-14)11-13(3)16-17-8-9-18-16/h6,8-9,12-14,16H,4-5,7,10-11H2,1-3H3. The molecule has 0 fully saturated rings. The summed E-state index contributed by atoms with van der Waals surface area (Å²) >= 11 is 0. The molecule has 2 rings (SSSR count). The summed E-state index contributed by atoms with van der Waals surface area (Å²) in [5.41, 5.74) is 1.60. The lowest BCUT2D eigenvalue weighted by Gasteiger charge is -2.26. The first-order valence-electron chi connectivity index (χ1n) is 7.29. The molecule has 0 saturated carbocycles. The van der Waals surface area contributed by atoms with Crippen molar-refractivity contribution in [1.82, 2.24) is 0 Å². The molecule has 0 saturated heterocycles. The van der Waals surface area contributed by atoms with Gasteiger partial charge in [0.25, 0.3) is 0 Å². The summed E-state index contributed by atoms with van der Waals surface area (Å²) in [5, 5.41) is 0. The number of rotatable bonds is 5. The first kappa shape index (κ1) is 13.5. The molecule has 0 aromatic rings. The van der Waals surface area contributed by atoms with Gasteiger partial charge in [0.1, 0.15) is 12.5 Å². The molecule has 1 aliphatic carbocycles. The number of hydrogen-bond donors (Lipinski definition) is 0. The largest absolute Gasteiger partial charge is 0.459 e. The molecule has 0 aromatic carbocycles. The topological polar surface area (TPSA) is 18.5 Å². The molecule has 0 bridgehead atoms. The number of allylic oxidation sites excluding steroid dienone is 2. The van der Waals surface area contributed by atoms with Gasteiger partial charge in [0.05, 0.1) is 0 Å². The van der Waals surface area contributed by atoms with Crippen LogP contribution in [0.5, 0.6) is 0 Å². The Morgan fingerprint density at radius 1 is 1.22 bits per heavy atom. The zero-order valence-corrected chi connectivity index (χ0v) is 11.9. The summed E-state index contributed by atoms with van der Waals surface area (Å²) in [7, 11) is 0. The Morgan fingerprint density at radius 2 is 1.94 bits per heavy atom. The molecule has 2 atom stereocenters. The zero-order valence-electron chi connectivity index (χ0n) is 11.9. The van der Waals surface area contributed by atoms with E-state index in [4.69, 9.17) is 9.47 Å². The molecule has 2 unspecified atom stereocenters. The molecule has 2 nitrogen and oxygen atoms in total. The van der Waals surface area contributed by atoms with Gasteiger partial charge in [0, 0.05) is 5.92 Å². The average Bonchev–Trinajstić information content (AvgIpc) is 2.84. The smallest absolute Gasteiger partial charge is 0.242 e. The molecular weight excluding hydrogens is 224 g/mol. The van der Waals surface area contributed by atoms with Crippen LogP contribution in [0.15, 0.2) is 24.2 Å². The SMILES string of the molecule is CC(C)CC1CC=C(CC(C)C2OC=CO2)CC1. The molecule has 1 heterocycles. The molecule has 2 aliphatic rings. The second kappa shape index (κ2) is 6.31. The van der Waals surface area contributed by atoms with Crippen molar-refractivity contribution in [3.8, 4) is 0 Å². The van der Waals surface area contributed by atoms with Gasteiger partial charge in [0.15, 0.2) is 0 Å². The van der Waals surface area contributed by atoms with Gasteiger partial charge in [-0.05, 0) is 43.9 Å². The molecule has 0 spiro atoms. The highest BCUT2D eigenvalue weighted by molar-refractivity contribution is 5.07. The summed E-state index contributed by atoms with van der Waals surface area (Å²) in [4.78, 5) is 0. The first-order valence-corrected chi connectivity index (χ1v) is 7.29. The van der Waals surface area contributed by atoms with E-state index in [2.05, 4.69) is 26.8 Å². The number of hydrogen-bond acceptors (Lipinski definition) is 2. The van der Waals surface area contributed by atoms with E-state index in [0.29, 0.717) is 5.92 Å². The zero-order chi connectivity index (χ0) is 13.0. The van der Waals surface area contributed by atoms with E-state index in [1.54, 1.807) is 18.1 Å². The Bertz CT molecular complexity index is 309. The van der Waals surface area contributed by atoms with Crippen LogP contribution in [-0.2, 0) is 9.47 Å². The van der Waals surface area contributed by atoms with Crippen molar-refractivity contribution in [2.45, 2.75) is 59.2 Å². The van der Waals surface area contributed by atoms with Gasteiger partial charge in [-0.1, -0.05) is 32.4 Å². The summed E-state index contributed by atoms with van der Waals surface area (Å²) in [6, 6.07) is 0. The van der Waals surface area contributed by atoms with E-state index in [-0.39, 0.29) is 6.29 Å². The van der Waals surface area contributed by atoms with Crippen LogP contribution in [0.25, 0.3) is 0 Å². The third kappa shape index (κ3) is 3.79. The van der Waals surface area contributed by atoms with Gasteiger partial charge in [-0.25, -0.2) is 0 Å². The molecule has 102 valence electrons. The summed E-state index contributed by atoms with van der Waals surface area (Å²) < 4.78 is 10.8. The highest BCUT2D eigenvalue weighted by atomic mass is 16.7. The second-order valence-corrected chi connectivity index (χ2v) is 6.23. The Labute approximate surface area is 111 Å². The Kier molecular flexibility index (Phi) is 4.73. The quantitative estimate of drug-likeness (QED) is 0.662. The molecule has 2 heteroatoms. The third-order valence-electron chi connectivity index (χ3n) is 3.95. The Balaban J connectivity index is 1.75. The average molecular weight is 250 g/mol. The van der Waals surface area contributed by atoms with E-state index >= 15 is 0 Å². The summed E-state index contributed by atoms with van der Waals surface area (Å²) in [6.45, 7) is 6.85. The van der Waals surface area contributed by atoms with Crippen molar-refractivity contribution in [3.05, 3.63) is 24.2 Å². The highest BCUT2D eigenvalue weighted by Gasteiger charge is 2.24. The van der Waals surface area contributed by atoms with Gasteiger partial charge in [-0.3, -0.25) is 0 Å². The van der Waals surface area contributed by atoms with E-state index < -0.39 is 0 Å². The summed E-state index contributed by atoms with van der Waals surface area (Å²) in [5.74, 6) is 2.17. The van der Waals surface area contributed by atoms with Crippen LogP contribution in [0.1, 0.15) is 52.9 Å². The van der Waals surface area contributed by atoms with Crippen molar-refractivity contribution in [2.24, 2.45) is 17.8 Å². The monoisotopic (exact) mass is 250 g/mol. The van der Waals surface area contributed by atoms with Gasteiger partial charge < -0.3 is 9.47 Å². The fourth-order valence-electron chi connectivity index (χ4n) is 3.04. The predicted molar refractivity (Wildman–Crippen MR) is 73.8 cm³/mol. The van der Waals surface area contributed by atoms with Crippen LogP contribution >= 0.6 is 0 Å². The van der Waals surface area contributed by atoms with Crippen molar-refractivity contribution in [2.75, 3.05) is 0 Å². The molecule has 0 radical (unpaired) electrons. The minimum atomic E-state index is -0.0701. The van der Waals surface area contributed by atoms with Crippen LogP contribution in [0.4, 0.5) is 0 Å². The summed E-state index contributed by atoms with van der Waals surface area (Å²) in [6.07, 6.45) is 12.1. The predicted octanol–water partition coefficient (Wildman–Crippen LogP) is 4.63. The van der Waals surface area contributed by atoms with Crippen molar-refractivity contribution >= 4 is 0 Å². The van der Waals surface area contributed by atoms with Crippen LogP contribution in [-0.4, -0.2) is 6.29 Å². The van der Waals surface area contributed by atoms with E-state index in [1.165, 1.54) is 25.7 Å². The molecular formula is C16H26O2. The molecule has 1 aliphatic heterocycles. The highest BCUT2D eigenvalue weighted by Crippen LogP contribution is 2.32. The fourth-order valence-corrected chi connectivity index (χ4v) is 3.04. The van der Waals surface area contributed by atoms with Crippen LogP contribution < -0.4 is 0 Å².